The Hall–Kier alpha value is -3.39. The van der Waals surface area contributed by atoms with E-state index >= 15 is 0 Å². The van der Waals surface area contributed by atoms with E-state index in [1.165, 1.54) is 21.3 Å². The molecule has 3 amide bonds. The predicted octanol–water partition coefficient (Wildman–Crippen LogP) is 3.63. The van der Waals surface area contributed by atoms with Crippen molar-refractivity contribution in [1.29, 1.82) is 0 Å². The lowest BCUT2D eigenvalue weighted by Gasteiger charge is -2.30. The molecule has 0 aliphatic carbocycles. The minimum atomic E-state index is -0.795. The van der Waals surface area contributed by atoms with Crippen LogP contribution in [0.25, 0.3) is 0 Å². The van der Waals surface area contributed by atoms with Crippen molar-refractivity contribution in [2.45, 2.75) is 13.0 Å². The van der Waals surface area contributed by atoms with Crippen molar-refractivity contribution >= 4 is 29.2 Å². The van der Waals surface area contributed by atoms with Gasteiger partial charge in [-0.15, -0.1) is 0 Å². The number of hydrogen-bond donors (Lipinski definition) is 3. The largest absolute Gasteiger partial charge is 0.496 e. The molecule has 2 aromatic carbocycles. The summed E-state index contributed by atoms with van der Waals surface area (Å²) in [4.78, 5) is 25.4. The maximum absolute atomic E-state index is 13.2. The molecule has 0 saturated heterocycles. The molecule has 1 heterocycles. The van der Waals surface area contributed by atoms with E-state index < -0.39 is 18.0 Å². The van der Waals surface area contributed by atoms with Crippen LogP contribution in [0, 0.1) is 0 Å². The second-order valence-electron chi connectivity index (χ2n) is 6.45. The zero-order valence-electron chi connectivity index (χ0n) is 17.0. The summed E-state index contributed by atoms with van der Waals surface area (Å²) in [5.41, 5.74) is 1.71. The summed E-state index contributed by atoms with van der Waals surface area (Å²) in [7, 11) is 4.50. The van der Waals surface area contributed by atoms with Crippen LogP contribution in [0.3, 0.4) is 0 Å². The zero-order chi connectivity index (χ0) is 21.8. The van der Waals surface area contributed by atoms with Gasteiger partial charge in [0.1, 0.15) is 5.75 Å². The van der Waals surface area contributed by atoms with E-state index in [1.54, 1.807) is 43.3 Å². The van der Waals surface area contributed by atoms with Gasteiger partial charge in [0.2, 0.25) is 0 Å². The lowest BCUT2D eigenvalue weighted by molar-refractivity contribution is -0.113. The number of hydrogen-bond acceptors (Lipinski definition) is 5. The molecule has 3 N–H and O–H groups in total. The van der Waals surface area contributed by atoms with Gasteiger partial charge in [0.15, 0.2) is 11.5 Å². The molecule has 1 atom stereocenters. The normalized spacial score (nSPS) is 15.8. The van der Waals surface area contributed by atoms with Crippen molar-refractivity contribution in [3.05, 3.63) is 58.3 Å². The van der Waals surface area contributed by atoms with Crippen LogP contribution in [0.5, 0.6) is 17.2 Å². The van der Waals surface area contributed by atoms with Crippen molar-refractivity contribution < 1.29 is 23.8 Å². The molecule has 0 saturated carbocycles. The number of carbonyl (C=O) groups is 2. The Morgan fingerprint density at radius 3 is 2.30 bits per heavy atom. The molecule has 1 unspecified atom stereocenters. The second-order valence-corrected chi connectivity index (χ2v) is 6.86. The van der Waals surface area contributed by atoms with Crippen LogP contribution < -0.4 is 30.2 Å². The lowest BCUT2D eigenvalue weighted by Crippen LogP contribution is -2.46. The summed E-state index contributed by atoms with van der Waals surface area (Å²) in [6.07, 6.45) is 0. The van der Waals surface area contributed by atoms with Crippen LogP contribution in [-0.4, -0.2) is 33.3 Å². The van der Waals surface area contributed by atoms with Gasteiger partial charge >= 0.3 is 6.03 Å². The van der Waals surface area contributed by atoms with E-state index in [1.807, 2.05) is 0 Å². The molecule has 0 radical (unpaired) electrons. The lowest BCUT2D eigenvalue weighted by atomic mass is 9.93. The number of halogens is 1. The fraction of sp³-hybridized carbons (Fsp3) is 0.238. The molecule has 30 heavy (non-hydrogen) atoms. The summed E-state index contributed by atoms with van der Waals surface area (Å²) in [5, 5.41) is 8.61. The summed E-state index contributed by atoms with van der Waals surface area (Å²) in [5.74, 6) is 0.899. The number of amides is 3. The maximum atomic E-state index is 13.2. The third-order valence-electron chi connectivity index (χ3n) is 4.68. The fourth-order valence-electron chi connectivity index (χ4n) is 3.26. The Morgan fingerprint density at radius 1 is 1.03 bits per heavy atom. The van der Waals surface area contributed by atoms with E-state index in [2.05, 4.69) is 16.0 Å². The van der Waals surface area contributed by atoms with Gasteiger partial charge in [0.25, 0.3) is 5.91 Å². The average Bonchev–Trinajstić information content (AvgIpc) is 2.73. The Bertz CT molecular complexity index is 1020. The molecular formula is C21H22ClN3O5. The molecule has 1 aliphatic rings. The van der Waals surface area contributed by atoms with Crippen molar-refractivity contribution in [3.8, 4) is 17.2 Å². The number of urea groups is 1. The first-order valence-corrected chi connectivity index (χ1v) is 9.41. The highest BCUT2D eigenvalue weighted by Crippen LogP contribution is 2.41. The van der Waals surface area contributed by atoms with Gasteiger partial charge in [0, 0.05) is 17.3 Å². The molecule has 3 rings (SSSR count). The van der Waals surface area contributed by atoms with Gasteiger partial charge in [-0.2, -0.15) is 0 Å². The smallest absolute Gasteiger partial charge is 0.319 e. The molecule has 0 spiro atoms. The van der Waals surface area contributed by atoms with E-state index in [9.17, 15) is 9.59 Å². The third-order valence-corrected chi connectivity index (χ3v) is 5.01. The number of allylic oxidation sites excluding steroid dienone is 1. The molecule has 2 aromatic rings. The van der Waals surface area contributed by atoms with Crippen molar-refractivity contribution in [3.63, 3.8) is 0 Å². The number of para-hydroxylation sites is 1. The van der Waals surface area contributed by atoms with E-state index in [0.717, 1.165) is 0 Å². The average molecular weight is 432 g/mol. The molecule has 0 fully saturated rings. The van der Waals surface area contributed by atoms with Gasteiger partial charge in [-0.05, 0) is 25.1 Å². The quantitative estimate of drug-likeness (QED) is 0.648. The van der Waals surface area contributed by atoms with E-state index in [0.29, 0.717) is 44.8 Å². The van der Waals surface area contributed by atoms with Gasteiger partial charge in [0.05, 0.1) is 43.7 Å². The van der Waals surface area contributed by atoms with Gasteiger partial charge in [-0.1, -0.05) is 23.7 Å². The summed E-state index contributed by atoms with van der Waals surface area (Å²) < 4.78 is 16.2. The minimum Gasteiger partial charge on any atom is -0.496 e. The fourth-order valence-corrected chi connectivity index (χ4v) is 3.44. The van der Waals surface area contributed by atoms with Crippen LogP contribution in [0.4, 0.5) is 10.5 Å². The van der Waals surface area contributed by atoms with Gasteiger partial charge in [-0.3, -0.25) is 4.79 Å². The standard InChI is InChI=1S/C21H22ClN3O5/c1-11-18(20(26)24-14-8-6-5-7-13(14)22)19(25-21(27)23-11)12-9-16(29-3)17(30-4)10-15(12)28-2/h5-10,19H,1-4H3,(H,24,26)(H2,23,25,27). The van der Waals surface area contributed by atoms with Crippen LogP contribution >= 0.6 is 11.6 Å². The number of anilines is 1. The Labute approximate surface area is 179 Å². The van der Waals surface area contributed by atoms with Gasteiger partial charge < -0.3 is 30.2 Å². The number of ether oxygens (including phenoxy) is 3. The zero-order valence-corrected chi connectivity index (χ0v) is 17.7. The summed E-state index contributed by atoms with van der Waals surface area (Å²) in [6, 6.07) is 8.97. The molecule has 158 valence electrons. The van der Waals surface area contributed by atoms with Crippen LogP contribution in [0.2, 0.25) is 5.02 Å². The summed E-state index contributed by atoms with van der Waals surface area (Å²) in [6.45, 7) is 1.65. The molecule has 1 aliphatic heterocycles. The van der Waals surface area contributed by atoms with Crippen LogP contribution in [-0.2, 0) is 4.79 Å². The molecular weight excluding hydrogens is 410 g/mol. The Kier molecular flexibility index (Phi) is 6.37. The first-order valence-electron chi connectivity index (χ1n) is 9.03. The van der Waals surface area contributed by atoms with E-state index in [4.69, 9.17) is 25.8 Å². The third kappa shape index (κ3) is 4.13. The SMILES string of the molecule is COc1cc(OC)c(C2NC(=O)NC(C)=C2C(=O)Nc2ccccc2Cl)cc1OC. The molecule has 8 nitrogen and oxygen atoms in total. The summed E-state index contributed by atoms with van der Waals surface area (Å²) >= 11 is 6.17. The Balaban J connectivity index is 2.08. The topological polar surface area (TPSA) is 97.9 Å². The number of benzene rings is 2. The number of rotatable bonds is 6. The number of methoxy groups -OCH3 is 3. The van der Waals surface area contributed by atoms with Crippen molar-refractivity contribution in [2.75, 3.05) is 26.6 Å². The minimum absolute atomic E-state index is 0.306. The molecule has 0 aromatic heterocycles. The highest BCUT2D eigenvalue weighted by Gasteiger charge is 2.34. The van der Waals surface area contributed by atoms with Crippen molar-refractivity contribution in [1.82, 2.24) is 10.6 Å². The van der Waals surface area contributed by atoms with Crippen LogP contribution in [0.1, 0.15) is 18.5 Å². The number of nitrogens with one attached hydrogen (secondary N) is 3. The monoisotopic (exact) mass is 431 g/mol. The van der Waals surface area contributed by atoms with Crippen molar-refractivity contribution in [2.24, 2.45) is 0 Å². The predicted molar refractivity (Wildman–Crippen MR) is 113 cm³/mol. The highest BCUT2D eigenvalue weighted by atomic mass is 35.5. The maximum Gasteiger partial charge on any atom is 0.319 e. The van der Waals surface area contributed by atoms with Gasteiger partial charge in [-0.25, -0.2) is 4.79 Å². The Morgan fingerprint density at radius 2 is 1.67 bits per heavy atom. The first kappa shape index (κ1) is 21.3. The number of carbonyl (C=O) groups excluding carboxylic acids is 2. The molecule has 9 heteroatoms. The van der Waals surface area contributed by atoms with Crippen LogP contribution in [0.15, 0.2) is 47.7 Å². The second kappa shape index (κ2) is 8.96. The highest BCUT2D eigenvalue weighted by molar-refractivity contribution is 6.33. The van der Waals surface area contributed by atoms with E-state index in [-0.39, 0.29) is 0 Å². The first-order chi connectivity index (χ1) is 14.4. The molecule has 0 bridgehead atoms.